The van der Waals surface area contributed by atoms with E-state index in [2.05, 4.69) is 0 Å². The van der Waals surface area contributed by atoms with Crippen LogP contribution in [0, 0.1) is 0 Å². The van der Waals surface area contributed by atoms with Crippen LogP contribution < -0.4 is 5.84 Å². The van der Waals surface area contributed by atoms with Crippen molar-refractivity contribution in [1.82, 2.24) is 5.01 Å². The van der Waals surface area contributed by atoms with Crippen LogP contribution in [0.15, 0.2) is 42.5 Å². The largest absolute Gasteiger partial charge is 0.274 e. The molecule has 0 radical (unpaired) electrons. The minimum Gasteiger partial charge on any atom is -0.273 e. The second kappa shape index (κ2) is 5.63. The first-order valence-electron chi connectivity index (χ1n) is 6.24. The van der Waals surface area contributed by atoms with Gasteiger partial charge < -0.3 is 0 Å². The third-order valence-corrected chi connectivity index (χ3v) is 2.95. The van der Waals surface area contributed by atoms with E-state index in [1.165, 1.54) is 0 Å². The second-order valence-electron chi connectivity index (χ2n) is 4.38. The van der Waals surface area contributed by atoms with Crippen LogP contribution >= 0.6 is 0 Å². The number of hydrazine groups is 1. The molecule has 0 saturated heterocycles. The summed E-state index contributed by atoms with van der Waals surface area (Å²) in [5.41, 5.74) is 0.422. The molecule has 0 spiro atoms. The van der Waals surface area contributed by atoms with Crippen LogP contribution in [0.5, 0.6) is 0 Å². The fourth-order valence-electron chi connectivity index (χ4n) is 1.91. The van der Waals surface area contributed by atoms with E-state index in [0.29, 0.717) is 17.0 Å². The number of hydrogen-bond donors (Lipinski definition) is 1. The third kappa shape index (κ3) is 2.80. The molecule has 2 aromatic carbocycles. The lowest BCUT2D eigenvalue weighted by molar-refractivity contribution is -0.128. The van der Waals surface area contributed by atoms with Gasteiger partial charge in [0.1, 0.15) is 0 Å². The number of hydrogen-bond acceptors (Lipinski definition) is 3. The molecule has 0 unspecified atom stereocenters. The maximum Gasteiger partial charge on any atom is 0.274 e. The van der Waals surface area contributed by atoms with Gasteiger partial charge in [-0.15, -0.1) is 0 Å². The zero-order chi connectivity index (χ0) is 13.8. The van der Waals surface area contributed by atoms with Crippen molar-refractivity contribution in [2.75, 3.05) is 0 Å². The molecule has 0 fully saturated rings. The molecule has 0 aliphatic rings. The van der Waals surface area contributed by atoms with Gasteiger partial charge in [-0.25, -0.2) is 10.9 Å². The standard InChI is InChI=1S/C15H16N2O2/c1-2-5-14(18)17(16)15(19)13-9-8-11-6-3-4-7-12(11)10-13/h3-4,6-10H,2,5,16H2,1H3. The Morgan fingerprint density at radius 2 is 1.79 bits per heavy atom. The van der Waals surface area contributed by atoms with E-state index in [4.69, 9.17) is 5.84 Å². The van der Waals surface area contributed by atoms with Crippen LogP contribution in [0.3, 0.4) is 0 Å². The van der Waals surface area contributed by atoms with Gasteiger partial charge in [0.25, 0.3) is 5.91 Å². The minimum absolute atomic E-state index is 0.274. The second-order valence-corrected chi connectivity index (χ2v) is 4.38. The van der Waals surface area contributed by atoms with Gasteiger partial charge in [-0.05, 0) is 29.3 Å². The van der Waals surface area contributed by atoms with Crippen molar-refractivity contribution >= 4 is 22.6 Å². The summed E-state index contributed by atoms with van der Waals surface area (Å²) >= 11 is 0. The van der Waals surface area contributed by atoms with E-state index in [9.17, 15) is 9.59 Å². The van der Waals surface area contributed by atoms with Crippen molar-refractivity contribution in [3.05, 3.63) is 48.0 Å². The van der Waals surface area contributed by atoms with Crippen LogP contribution in [0.2, 0.25) is 0 Å². The highest BCUT2D eigenvalue weighted by atomic mass is 16.2. The van der Waals surface area contributed by atoms with Crippen molar-refractivity contribution in [2.24, 2.45) is 5.84 Å². The third-order valence-electron chi connectivity index (χ3n) is 2.95. The number of fused-ring (bicyclic) bond motifs is 1. The van der Waals surface area contributed by atoms with Gasteiger partial charge in [0.2, 0.25) is 5.91 Å². The normalized spacial score (nSPS) is 10.4. The molecule has 0 bridgehead atoms. The average Bonchev–Trinajstić information content (AvgIpc) is 2.45. The topological polar surface area (TPSA) is 63.4 Å². The van der Waals surface area contributed by atoms with Crippen molar-refractivity contribution in [3.8, 4) is 0 Å². The number of nitrogens with zero attached hydrogens (tertiary/aromatic N) is 1. The first kappa shape index (κ1) is 13.2. The van der Waals surface area contributed by atoms with E-state index in [1.54, 1.807) is 12.1 Å². The first-order valence-corrected chi connectivity index (χ1v) is 6.24. The summed E-state index contributed by atoms with van der Waals surface area (Å²) in [5.74, 6) is 4.73. The first-order chi connectivity index (χ1) is 9.13. The number of imide groups is 1. The highest BCUT2D eigenvalue weighted by Crippen LogP contribution is 2.16. The van der Waals surface area contributed by atoms with E-state index in [1.807, 2.05) is 37.3 Å². The van der Waals surface area contributed by atoms with E-state index in [-0.39, 0.29) is 12.3 Å². The Kier molecular flexibility index (Phi) is 3.92. The smallest absolute Gasteiger partial charge is 0.273 e. The van der Waals surface area contributed by atoms with Crippen LogP contribution in [-0.4, -0.2) is 16.8 Å². The molecule has 4 heteroatoms. The number of benzene rings is 2. The Bertz CT molecular complexity index is 622. The monoisotopic (exact) mass is 256 g/mol. The highest BCUT2D eigenvalue weighted by molar-refractivity contribution is 6.05. The number of amides is 2. The van der Waals surface area contributed by atoms with Crippen molar-refractivity contribution in [1.29, 1.82) is 0 Å². The Morgan fingerprint density at radius 1 is 1.11 bits per heavy atom. The number of carbonyl (C=O) groups excluding carboxylic acids is 2. The van der Waals surface area contributed by atoms with Crippen LogP contribution in [-0.2, 0) is 4.79 Å². The van der Waals surface area contributed by atoms with Crippen molar-refractivity contribution < 1.29 is 9.59 Å². The summed E-state index contributed by atoms with van der Waals surface area (Å²) in [6, 6.07) is 13.0. The fraction of sp³-hybridized carbons (Fsp3) is 0.200. The summed E-state index contributed by atoms with van der Waals surface area (Å²) in [6.07, 6.45) is 0.938. The Balaban J connectivity index is 2.28. The molecule has 4 nitrogen and oxygen atoms in total. The van der Waals surface area contributed by atoms with Gasteiger partial charge in [0.05, 0.1) is 0 Å². The number of carbonyl (C=O) groups is 2. The molecule has 0 atom stereocenters. The van der Waals surface area contributed by atoms with Gasteiger partial charge in [-0.1, -0.05) is 37.3 Å². The lowest BCUT2D eigenvalue weighted by Gasteiger charge is -2.14. The molecular weight excluding hydrogens is 240 g/mol. The molecule has 2 amide bonds. The average molecular weight is 256 g/mol. The highest BCUT2D eigenvalue weighted by Gasteiger charge is 2.18. The van der Waals surface area contributed by atoms with Gasteiger partial charge >= 0.3 is 0 Å². The Morgan fingerprint density at radius 3 is 2.47 bits per heavy atom. The van der Waals surface area contributed by atoms with Gasteiger partial charge in [-0.2, -0.15) is 0 Å². The molecule has 19 heavy (non-hydrogen) atoms. The van der Waals surface area contributed by atoms with Crippen molar-refractivity contribution in [3.63, 3.8) is 0 Å². The summed E-state index contributed by atoms with van der Waals surface area (Å²) < 4.78 is 0. The van der Waals surface area contributed by atoms with Crippen molar-refractivity contribution in [2.45, 2.75) is 19.8 Å². The summed E-state index contributed by atoms with van der Waals surface area (Å²) in [7, 11) is 0. The maximum atomic E-state index is 12.1. The lowest BCUT2D eigenvalue weighted by atomic mass is 10.1. The zero-order valence-corrected chi connectivity index (χ0v) is 10.8. The summed E-state index contributed by atoms with van der Waals surface area (Å²) in [4.78, 5) is 23.7. The molecule has 0 heterocycles. The zero-order valence-electron chi connectivity index (χ0n) is 10.8. The molecule has 2 rings (SSSR count). The van der Waals surface area contributed by atoms with Crippen LogP contribution in [0.25, 0.3) is 10.8 Å². The summed E-state index contributed by atoms with van der Waals surface area (Å²) in [5, 5.41) is 2.69. The van der Waals surface area contributed by atoms with E-state index >= 15 is 0 Å². The Labute approximate surface area is 111 Å². The van der Waals surface area contributed by atoms with Gasteiger partial charge in [0, 0.05) is 12.0 Å². The molecule has 2 aromatic rings. The molecule has 98 valence electrons. The molecule has 0 aliphatic carbocycles. The quantitative estimate of drug-likeness (QED) is 0.521. The van der Waals surface area contributed by atoms with Gasteiger partial charge in [0.15, 0.2) is 0 Å². The molecule has 0 saturated carbocycles. The van der Waals surface area contributed by atoms with Gasteiger partial charge in [-0.3, -0.25) is 9.59 Å². The van der Waals surface area contributed by atoms with Crippen LogP contribution in [0.4, 0.5) is 0 Å². The number of nitrogens with two attached hydrogens (primary N) is 1. The maximum absolute atomic E-state index is 12.1. The molecule has 0 aromatic heterocycles. The molecule has 0 aliphatic heterocycles. The van der Waals surface area contributed by atoms with E-state index in [0.717, 1.165) is 10.8 Å². The van der Waals surface area contributed by atoms with Crippen LogP contribution in [0.1, 0.15) is 30.1 Å². The summed E-state index contributed by atoms with van der Waals surface area (Å²) in [6.45, 7) is 1.87. The number of rotatable bonds is 3. The lowest BCUT2D eigenvalue weighted by Crippen LogP contribution is -2.42. The fourth-order valence-corrected chi connectivity index (χ4v) is 1.91. The Hall–Kier alpha value is -2.20. The minimum atomic E-state index is -0.468. The predicted molar refractivity (Wildman–Crippen MR) is 74.2 cm³/mol. The molecule has 2 N–H and O–H groups in total. The van der Waals surface area contributed by atoms with E-state index < -0.39 is 5.91 Å². The molecular formula is C15H16N2O2. The SMILES string of the molecule is CCCC(=O)N(N)C(=O)c1ccc2ccccc2c1. The predicted octanol–water partition coefficient (Wildman–Crippen LogP) is 2.48.